The quantitative estimate of drug-likeness (QED) is 0.335. The highest BCUT2D eigenvalue weighted by atomic mass is 127. The molecule has 6 heteroatoms. The highest BCUT2D eigenvalue weighted by molar-refractivity contribution is 14.0. The van der Waals surface area contributed by atoms with Crippen molar-refractivity contribution in [2.24, 2.45) is 4.99 Å². The van der Waals surface area contributed by atoms with E-state index in [2.05, 4.69) is 70.6 Å². The molecule has 0 spiro atoms. The lowest BCUT2D eigenvalue weighted by Crippen LogP contribution is -2.48. The van der Waals surface area contributed by atoms with E-state index in [1.165, 1.54) is 16.7 Å². The van der Waals surface area contributed by atoms with E-state index in [1.807, 2.05) is 7.05 Å². The molecule has 1 fully saturated rings. The number of hydrogen-bond acceptors (Lipinski definition) is 3. The van der Waals surface area contributed by atoms with Crippen molar-refractivity contribution < 1.29 is 4.74 Å². The first-order chi connectivity index (χ1) is 13.1. The van der Waals surface area contributed by atoms with Crippen LogP contribution in [0.25, 0.3) is 0 Å². The van der Waals surface area contributed by atoms with Gasteiger partial charge in [0.1, 0.15) is 0 Å². The molecule has 1 unspecified atom stereocenters. The van der Waals surface area contributed by atoms with Gasteiger partial charge in [-0.15, -0.1) is 24.0 Å². The number of hydrogen-bond donors (Lipinski definition) is 2. The van der Waals surface area contributed by atoms with Gasteiger partial charge in [-0.2, -0.15) is 11.3 Å². The Bertz CT molecular complexity index is 742. The van der Waals surface area contributed by atoms with Gasteiger partial charge in [-0.05, 0) is 59.2 Å². The molecule has 0 amide bonds. The zero-order valence-electron chi connectivity index (χ0n) is 17.0. The van der Waals surface area contributed by atoms with E-state index < -0.39 is 0 Å². The minimum Gasteiger partial charge on any atom is -0.381 e. The Labute approximate surface area is 190 Å². The number of ether oxygens (including phenoxy) is 1. The van der Waals surface area contributed by atoms with Gasteiger partial charge in [-0.3, -0.25) is 4.99 Å². The normalized spacial score (nSPS) is 17.5. The third kappa shape index (κ3) is 5.70. The lowest BCUT2D eigenvalue weighted by Gasteiger charge is -2.39. The van der Waals surface area contributed by atoms with Crippen LogP contribution in [-0.2, 0) is 10.2 Å². The maximum atomic E-state index is 5.67. The van der Waals surface area contributed by atoms with Crippen LogP contribution in [0.3, 0.4) is 0 Å². The summed E-state index contributed by atoms with van der Waals surface area (Å²) in [5.74, 6) is 1.33. The number of guanidine groups is 1. The van der Waals surface area contributed by atoms with E-state index in [9.17, 15) is 0 Å². The minimum atomic E-state index is 0. The maximum Gasteiger partial charge on any atom is 0.191 e. The Morgan fingerprint density at radius 3 is 2.61 bits per heavy atom. The fourth-order valence-corrected chi connectivity index (χ4v) is 4.65. The van der Waals surface area contributed by atoms with Crippen LogP contribution in [0, 0.1) is 6.92 Å². The Kier molecular flexibility index (Phi) is 9.24. The molecule has 0 saturated carbocycles. The Morgan fingerprint density at radius 2 is 1.96 bits per heavy atom. The summed E-state index contributed by atoms with van der Waals surface area (Å²) in [6.45, 7) is 7.83. The summed E-state index contributed by atoms with van der Waals surface area (Å²) in [4.78, 5) is 4.44. The topological polar surface area (TPSA) is 45.7 Å². The summed E-state index contributed by atoms with van der Waals surface area (Å²) in [6, 6.07) is 10.9. The molecule has 1 aromatic heterocycles. The summed E-state index contributed by atoms with van der Waals surface area (Å²) in [7, 11) is 1.84. The number of aliphatic imine (C=N–C) groups is 1. The third-order valence-electron chi connectivity index (χ3n) is 5.67. The molecule has 3 rings (SSSR count). The minimum absolute atomic E-state index is 0. The highest BCUT2D eigenvalue weighted by Crippen LogP contribution is 2.36. The maximum absolute atomic E-state index is 5.67. The first-order valence-corrected chi connectivity index (χ1v) is 10.7. The van der Waals surface area contributed by atoms with Crippen LogP contribution < -0.4 is 10.6 Å². The van der Waals surface area contributed by atoms with Crippen molar-refractivity contribution in [3.63, 3.8) is 0 Å². The lowest BCUT2D eigenvalue weighted by atomic mass is 9.72. The van der Waals surface area contributed by atoms with Crippen LogP contribution >= 0.6 is 35.3 Å². The zero-order valence-corrected chi connectivity index (χ0v) is 20.2. The molecule has 28 heavy (non-hydrogen) atoms. The van der Waals surface area contributed by atoms with Gasteiger partial charge in [0.25, 0.3) is 0 Å². The number of thiophene rings is 1. The number of nitrogens with zero attached hydrogens (tertiary/aromatic N) is 1. The van der Waals surface area contributed by atoms with E-state index in [0.29, 0.717) is 5.92 Å². The summed E-state index contributed by atoms with van der Waals surface area (Å²) in [5, 5.41) is 11.4. The number of halogens is 1. The van der Waals surface area contributed by atoms with Crippen molar-refractivity contribution in [2.45, 2.75) is 38.0 Å². The predicted octanol–water partition coefficient (Wildman–Crippen LogP) is 4.69. The van der Waals surface area contributed by atoms with Gasteiger partial charge in [0.2, 0.25) is 0 Å². The third-order valence-corrected chi connectivity index (χ3v) is 6.37. The molecule has 154 valence electrons. The molecular formula is C22H32IN3OS. The van der Waals surface area contributed by atoms with Crippen LogP contribution in [0.2, 0.25) is 0 Å². The Hall–Kier alpha value is -1.12. The molecule has 1 aliphatic rings. The molecule has 4 nitrogen and oxygen atoms in total. The molecule has 1 atom stereocenters. The Morgan fingerprint density at radius 1 is 1.21 bits per heavy atom. The average Bonchev–Trinajstić information content (AvgIpc) is 3.24. The molecule has 0 aliphatic carbocycles. The first kappa shape index (κ1) is 23.2. The molecule has 0 bridgehead atoms. The number of nitrogens with one attached hydrogen (secondary N) is 2. The van der Waals surface area contributed by atoms with Gasteiger partial charge >= 0.3 is 0 Å². The summed E-state index contributed by atoms with van der Waals surface area (Å²) in [6.07, 6.45) is 2.07. The van der Waals surface area contributed by atoms with E-state index in [1.54, 1.807) is 11.3 Å². The molecular weight excluding hydrogens is 481 g/mol. The van der Waals surface area contributed by atoms with Gasteiger partial charge in [0.05, 0.1) is 0 Å². The molecule has 2 aromatic rings. The summed E-state index contributed by atoms with van der Waals surface area (Å²) >= 11 is 1.75. The standard InChI is InChI=1S/C22H31N3OS.HI/c1-17-6-4-5-7-20(17)22(9-11-26-12-10-22)16-25-21(23-3)24-14-18(2)19-8-13-27-15-19;/h4-8,13,15,18H,9-12,14,16H2,1-3H3,(H2,23,24,25);1H. The second-order valence-electron chi connectivity index (χ2n) is 7.47. The van der Waals surface area contributed by atoms with E-state index in [4.69, 9.17) is 4.74 Å². The van der Waals surface area contributed by atoms with Gasteiger partial charge in [-0.1, -0.05) is 31.2 Å². The largest absolute Gasteiger partial charge is 0.381 e. The lowest BCUT2D eigenvalue weighted by molar-refractivity contribution is 0.0512. The van der Waals surface area contributed by atoms with Gasteiger partial charge in [-0.25, -0.2) is 0 Å². The van der Waals surface area contributed by atoms with Crippen molar-refractivity contribution in [3.05, 3.63) is 57.8 Å². The van der Waals surface area contributed by atoms with Crippen LogP contribution in [0.15, 0.2) is 46.1 Å². The van der Waals surface area contributed by atoms with E-state index in [0.717, 1.165) is 45.1 Å². The molecule has 1 saturated heterocycles. The second kappa shape index (κ2) is 11.2. The van der Waals surface area contributed by atoms with E-state index >= 15 is 0 Å². The number of benzene rings is 1. The molecule has 1 aromatic carbocycles. The van der Waals surface area contributed by atoms with Crippen molar-refractivity contribution in [2.75, 3.05) is 33.4 Å². The number of rotatable bonds is 6. The average molecular weight is 513 g/mol. The number of aryl methyl sites for hydroxylation is 1. The Balaban J connectivity index is 0.00000280. The van der Waals surface area contributed by atoms with Crippen molar-refractivity contribution in [1.82, 2.24) is 10.6 Å². The van der Waals surface area contributed by atoms with Crippen LogP contribution in [-0.4, -0.2) is 39.3 Å². The second-order valence-corrected chi connectivity index (χ2v) is 8.25. The molecule has 1 aliphatic heterocycles. The SMILES string of the molecule is CN=C(NCC(C)c1ccsc1)NCC1(c2ccccc2C)CCOCC1.I. The monoisotopic (exact) mass is 513 g/mol. The van der Waals surface area contributed by atoms with Gasteiger partial charge in [0, 0.05) is 38.8 Å². The van der Waals surface area contributed by atoms with Crippen LogP contribution in [0.4, 0.5) is 0 Å². The van der Waals surface area contributed by atoms with Crippen LogP contribution in [0.5, 0.6) is 0 Å². The fourth-order valence-electron chi connectivity index (χ4n) is 3.87. The van der Waals surface area contributed by atoms with Crippen molar-refractivity contribution in [1.29, 1.82) is 0 Å². The van der Waals surface area contributed by atoms with Gasteiger partial charge < -0.3 is 15.4 Å². The predicted molar refractivity (Wildman–Crippen MR) is 130 cm³/mol. The molecule has 2 N–H and O–H groups in total. The fraction of sp³-hybridized carbons (Fsp3) is 0.500. The summed E-state index contributed by atoms with van der Waals surface area (Å²) in [5.41, 5.74) is 4.27. The zero-order chi connectivity index (χ0) is 19.1. The smallest absolute Gasteiger partial charge is 0.191 e. The van der Waals surface area contributed by atoms with Crippen LogP contribution in [0.1, 0.15) is 42.4 Å². The first-order valence-electron chi connectivity index (χ1n) is 9.75. The molecule has 0 radical (unpaired) electrons. The molecule has 2 heterocycles. The highest BCUT2D eigenvalue weighted by Gasteiger charge is 2.35. The summed E-state index contributed by atoms with van der Waals surface area (Å²) < 4.78 is 5.67. The van der Waals surface area contributed by atoms with Crippen molar-refractivity contribution >= 4 is 41.3 Å². The van der Waals surface area contributed by atoms with Gasteiger partial charge in [0.15, 0.2) is 5.96 Å². The van der Waals surface area contributed by atoms with Crippen molar-refractivity contribution in [3.8, 4) is 0 Å². The van der Waals surface area contributed by atoms with E-state index in [-0.39, 0.29) is 29.4 Å².